The van der Waals surface area contributed by atoms with Gasteiger partial charge in [0.05, 0.1) is 0 Å². The molecular formula is C35H51CoO2-. The van der Waals surface area contributed by atoms with Gasteiger partial charge in [-0.15, -0.1) is 0 Å². The summed E-state index contributed by atoms with van der Waals surface area (Å²) >= 11 is 0. The molecule has 2 aromatic rings. The Morgan fingerprint density at radius 1 is 0.605 bits per heavy atom. The van der Waals surface area contributed by atoms with E-state index in [1.807, 2.05) is 0 Å². The molecule has 3 heteroatoms. The molecule has 2 aliphatic rings. The second-order valence-electron chi connectivity index (χ2n) is 11.7. The Labute approximate surface area is 243 Å². The van der Waals surface area contributed by atoms with Gasteiger partial charge in [-0.05, 0) is 113 Å². The Balaban J connectivity index is 0.000000361. The van der Waals surface area contributed by atoms with Crippen molar-refractivity contribution in [1.29, 1.82) is 0 Å². The van der Waals surface area contributed by atoms with E-state index in [4.69, 9.17) is 0 Å². The van der Waals surface area contributed by atoms with Gasteiger partial charge in [0.15, 0.2) is 0 Å². The molecule has 0 unspecified atom stereocenters. The van der Waals surface area contributed by atoms with Crippen molar-refractivity contribution in [3.05, 3.63) is 76.2 Å². The molecule has 2 aromatic carbocycles. The monoisotopic (exact) mass is 562 g/mol. The fourth-order valence-electron chi connectivity index (χ4n) is 5.96. The fourth-order valence-corrected chi connectivity index (χ4v) is 5.96. The van der Waals surface area contributed by atoms with E-state index in [0.717, 1.165) is 11.1 Å². The molecule has 0 amide bonds. The number of hydrogen-bond acceptors (Lipinski definition) is 2. The van der Waals surface area contributed by atoms with Crippen molar-refractivity contribution >= 4 is 12.2 Å². The molecule has 213 valence electrons. The summed E-state index contributed by atoms with van der Waals surface area (Å²) in [5, 5.41) is 20.9. The van der Waals surface area contributed by atoms with E-state index < -0.39 is 0 Å². The van der Waals surface area contributed by atoms with Crippen LogP contribution in [0.15, 0.2) is 35.4 Å². The zero-order valence-electron chi connectivity index (χ0n) is 24.9. The van der Waals surface area contributed by atoms with Crippen LogP contribution in [0.3, 0.4) is 0 Å². The third-order valence-corrected chi connectivity index (χ3v) is 7.60. The number of phenols is 2. The molecule has 0 aliphatic heterocycles. The maximum atomic E-state index is 10.5. The van der Waals surface area contributed by atoms with E-state index in [2.05, 4.69) is 78.0 Å². The van der Waals surface area contributed by atoms with E-state index in [1.165, 1.54) is 97.6 Å². The van der Waals surface area contributed by atoms with Crippen molar-refractivity contribution in [2.24, 2.45) is 0 Å². The van der Waals surface area contributed by atoms with Gasteiger partial charge in [0, 0.05) is 27.9 Å². The average Bonchev–Trinajstić information content (AvgIpc) is 2.84. The molecule has 0 bridgehead atoms. The minimum Gasteiger partial charge on any atom is -0.507 e. The van der Waals surface area contributed by atoms with Crippen molar-refractivity contribution in [2.45, 2.75) is 118 Å². The van der Waals surface area contributed by atoms with Crippen LogP contribution in [0, 0.1) is 21.3 Å². The zero-order chi connectivity index (χ0) is 26.2. The number of phenolic OH excluding ortho intramolecular Hbond substituents is 2. The molecule has 0 atom stereocenters. The summed E-state index contributed by atoms with van der Waals surface area (Å²) < 4.78 is 0. The zero-order valence-corrected chi connectivity index (χ0v) is 26.0. The third-order valence-electron chi connectivity index (χ3n) is 7.60. The Bertz CT molecular complexity index is 988. The van der Waals surface area contributed by atoms with Gasteiger partial charge in [-0.1, -0.05) is 74.0 Å². The normalized spacial score (nSPS) is 15.7. The van der Waals surface area contributed by atoms with Crippen LogP contribution in [0.2, 0.25) is 0 Å². The average molecular weight is 563 g/mol. The molecule has 1 radical (unpaired) electrons. The second kappa shape index (κ2) is 16.2. The number of aryl methyl sites for hydroxylation is 2. The number of aromatic hydroxyl groups is 2. The summed E-state index contributed by atoms with van der Waals surface area (Å²) in [7, 11) is 0. The Kier molecular flexibility index (Phi) is 14.5. The van der Waals surface area contributed by atoms with Gasteiger partial charge >= 0.3 is 0 Å². The first-order valence-corrected chi connectivity index (χ1v) is 14.1. The Hall–Kier alpha value is -1.97. The number of hydrogen-bond donors (Lipinski definition) is 2. The first-order valence-electron chi connectivity index (χ1n) is 14.1. The first kappa shape index (κ1) is 34.1. The van der Waals surface area contributed by atoms with Gasteiger partial charge in [0.1, 0.15) is 11.5 Å². The van der Waals surface area contributed by atoms with Gasteiger partial charge in [0.25, 0.3) is 0 Å². The Morgan fingerprint density at radius 2 is 0.921 bits per heavy atom. The van der Waals surface area contributed by atoms with E-state index in [0.29, 0.717) is 23.3 Å². The molecule has 2 nitrogen and oxygen atoms in total. The number of rotatable bonds is 4. The summed E-state index contributed by atoms with van der Waals surface area (Å²) in [6.07, 6.45) is 17.0. The van der Waals surface area contributed by atoms with E-state index in [9.17, 15) is 10.2 Å². The summed E-state index contributed by atoms with van der Waals surface area (Å²) in [5.41, 5.74) is 9.26. The minimum atomic E-state index is 0. The predicted molar refractivity (Wildman–Crippen MR) is 162 cm³/mol. The standard InChI is InChI=1S/2C17H24O.CH3.Co/c2*1-12(2)9-15-10-13(3)11-16(17(15)18)14-7-5-4-6-8-14;;/h2*9-11,14,18H,4-8H2,1-3H3;1H3;/q;;-1;. The summed E-state index contributed by atoms with van der Waals surface area (Å²) in [4.78, 5) is 0. The predicted octanol–water partition coefficient (Wildman–Crippen LogP) is 10.8. The van der Waals surface area contributed by atoms with E-state index >= 15 is 0 Å². The molecule has 0 aromatic heterocycles. The van der Waals surface area contributed by atoms with Crippen LogP contribution in [-0.4, -0.2) is 10.2 Å². The molecule has 2 fully saturated rings. The van der Waals surface area contributed by atoms with Gasteiger partial charge < -0.3 is 17.6 Å². The molecular weight excluding hydrogens is 511 g/mol. The molecule has 4 rings (SSSR count). The van der Waals surface area contributed by atoms with Crippen LogP contribution < -0.4 is 0 Å². The summed E-state index contributed by atoms with van der Waals surface area (Å²) in [6, 6.07) is 8.50. The van der Waals surface area contributed by atoms with Crippen molar-refractivity contribution in [3.63, 3.8) is 0 Å². The van der Waals surface area contributed by atoms with Crippen molar-refractivity contribution in [2.75, 3.05) is 0 Å². The third kappa shape index (κ3) is 9.65. The minimum absolute atomic E-state index is 0. The fraction of sp³-hybridized carbons (Fsp3) is 0.514. The van der Waals surface area contributed by atoms with Gasteiger partial charge in [0.2, 0.25) is 0 Å². The molecule has 0 heterocycles. The van der Waals surface area contributed by atoms with Gasteiger partial charge in [-0.3, -0.25) is 0 Å². The number of benzene rings is 2. The van der Waals surface area contributed by atoms with E-state index in [1.54, 1.807) is 0 Å². The van der Waals surface area contributed by atoms with Crippen LogP contribution in [0.4, 0.5) is 0 Å². The van der Waals surface area contributed by atoms with E-state index in [-0.39, 0.29) is 24.2 Å². The Morgan fingerprint density at radius 3 is 1.21 bits per heavy atom. The van der Waals surface area contributed by atoms with Crippen LogP contribution >= 0.6 is 0 Å². The SMILES string of the molecule is CC(C)=Cc1cc(C)cc(C2CCCCC2)c1O.CC(C)=Cc1cc(C)cc(C2CCCCC2)c1O.[CH3-].[Co]. The summed E-state index contributed by atoms with van der Waals surface area (Å²) in [6.45, 7) is 12.5. The molecule has 0 saturated heterocycles. The molecule has 2 saturated carbocycles. The smallest absolute Gasteiger partial charge is 0.126 e. The maximum absolute atomic E-state index is 10.5. The largest absolute Gasteiger partial charge is 0.507 e. The molecule has 2 N–H and O–H groups in total. The topological polar surface area (TPSA) is 40.5 Å². The molecule has 38 heavy (non-hydrogen) atoms. The molecule has 2 aliphatic carbocycles. The van der Waals surface area contributed by atoms with Gasteiger partial charge in [-0.25, -0.2) is 0 Å². The van der Waals surface area contributed by atoms with Crippen LogP contribution in [0.1, 0.15) is 137 Å². The molecule has 0 spiro atoms. The van der Waals surface area contributed by atoms with Crippen molar-refractivity contribution in [3.8, 4) is 11.5 Å². The van der Waals surface area contributed by atoms with Crippen LogP contribution in [-0.2, 0) is 16.8 Å². The maximum Gasteiger partial charge on any atom is 0.126 e. The van der Waals surface area contributed by atoms with Crippen LogP contribution in [0.5, 0.6) is 11.5 Å². The summed E-state index contributed by atoms with van der Waals surface area (Å²) in [5.74, 6) is 2.13. The second-order valence-corrected chi connectivity index (χ2v) is 11.7. The van der Waals surface area contributed by atoms with Crippen molar-refractivity contribution in [1.82, 2.24) is 0 Å². The number of allylic oxidation sites excluding steroid dienone is 2. The first-order chi connectivity index (χ1) is 17.2. The quantitative estimate of drug-likeness (QED) is 0.364. The van der Waals surface area contributed by atoms with Crippen LogP contribution in [0.25, 0.3) is 12.2 Å². The van der Waals surface area contributed by atoms with Gasteiger partial charge in [-0.2, -0.15) is 0 Å². The van der Waals surface area contributed by atoms with Crippen molar-refractivity contribution < 1.29 is 27.0 Å².